The molecule has 2 aromatic rings. The van der Waals surface area contributed by atoms with Gasteiger partial charge in [-0.3, -0.25) is 0 Å². The van der Waals surface area contributed by atoms with Gasteiger partial charge in [0.15, 0.2) is 0 Å². The molecule has 0 spiro atoms. The van der Waals surface area contributed by atoms with Crippen LogP contribution in [0.2, 0.25) is 0 Å². The Labute approximate surface area is 122 Å². The number of rotatable bonds is 4. The van der Waals surface area contributed by atoms with Crippen molar-refractivity contribution in [2.45, 2.75) is 27.2 Å². The zero-order chi connectivity index (χ0) is 14.0. The first-order valence-electron chi connectivity index (χ1n) is 6.54. The van der Waals surface area contributed by atoms with Crippen molar-refractivity contribution in [1.82, 2.24) is 9.78 Å². The molecule has 1 aromatic heterocycles. The summed E-state index contributed by atoms with van der Waals surface area (Å²) < 4.78 is 3.07. The highest BCUT2D eigenvalue weighted by Crippen LogP contribution is 2.25. The summed E-state index contributed by atoms with van der Waals surface area (Å²) in [5, 5.41) is 4.67. The number of nitrogens with zero attached hydrogens (tertiary/aromatic N) is 2. The van der Waals surface area contributed by atoms with Gasteiger partial charge in [-0.15, -0.1) is 0 Å². The predicted octanol–water partition coefficient (Wildman–Crippen LogP) is 3.39. The maximum atomic E-state index is 5.73. The fourth-order valence-corrected chi connectivity index (χ4v) is 2.71. The van der Waals surface area contributed by atoms with Crippen LogP contribution in [-0.4, -0.2) is 16.3 Å². The monoisotopic (exact) mass is 321 g/mol. The molecule has 4 heteroatoms. The first kappa shape index (κ1) is 14.3. The number of aromatic nitrogens is 2. The molecule has 3 nitrogen and oxygen atoms in total. The van der Waals surface area contributed by atoms with Gasteiger partial charge in [-0.25, -0.2) is 4.68 Å². The van der Waals surface area contributed by atoms with E-state index in [9.17, 15) is 0 Å². The highest BCUT2D eigenvalue weighted by molar-refractivity contribution is 9.10. The lowest BCUT2D eigenvalue weighted by molar-refractivity contribution is 0.589. The number of nitrogens with two attached hydrogens (primary N) is 1. The second-order valence-corrected chi connectivity index (χ2v) is 5.91. The number of hydrogen-bond donors (Lipinski definition) is 1. The molecule has 0 saturated carbocycles. The normalized spacial score (nSPS) is 12.7. The lowest BCUT2D eigenvalue weighted by Gasteiger charge is -2.10. The lowest BCUT2D eigenvalue weighted by atomic mass is 10.00. The van der Waals surface area contributed by atoms with E-state index in [1.807, 2.05) is 22.9 Å². The molecule has 1 unspecified atom stereocenters. The van der Waals surface area contributed by atoms with Crippen molar-refractivity contribution in [3.05, 3.63) is 45.7 Å². The Kier molecular flexibility index (Phi) is 4.42. The van der Waals surface area contributed by atoms with Crippen molar-refractivity contribution in [2.24, 2.45) is 11.7 Å². The summed E-state index contributed by atoms with van der Waals surface area (Å²) in [6, 6.07) is 8.14. The third-order valence-corrected chi connectivity index (χ3v) is 4.15. The van der Waals surface area contributed by atoms with Crippen molar-refractivity contribution in [3.8, 4) is 5.69 Å². The molecule has 2 rings (SSSR count). The molecule has 1 heterocycles. The summed E-state index contributed by atoms with van der Waals surface area (Å²) in [5.41, 5.74) is 10.4. The Bertz CT molecular complexity index is 575. The average Bonchev–Trinajstić information content (AvgIpc) is 2.67. The van der Waals surface area contributed by atoms with E-state index in [2.05, 4.69) is 47.9 Å². The number of para-hydroxylation sites is 1. The van der Waals surface area contributed by atoms with Crippen LogP contribution in [0.1, 0.15) is 23.9 Å². The fraction of sp³-hybridized carbons (Fsp3) is 0.400. The van der Waals surface area contributed by atoms with Crippen molar-refractivity contribution in [2.75, 3.05) is 6.54 Å². The van der Waals surface area contributed by atoms with Gasteiger partial charge in [0, 0.05) is 10.2 Å². The van der Waals surface area contributed by atoms with Crippen molar-refractivity contribution in [3.63, 3.8) is 0 Å². The molecule has 19 heavy (non-hydrogen) atoms. The molecule has 102 valence electrons. The van der Waals surface area contributed by atoms with Crippen molar-refractivity contribution in [1.29, 1.82) is 0 Å². The first-order valence-corrected chi connectivity index (χ1v) is 7.34. The summed E-state index contributed by atoms with van der Waals surface area (Å²) in [4.78, 5) is 0. The summed E-state index contributed by atoms with van der Waals surface area (Å²) in [7, 11) is 0. The predicted molar refractivity (Wildman–Crippen MR) is 82.7 cm³/mol. The van der Waals surface area contributed by atoms with Gasteiger partial charge in [0.05, 0.1) is 11.4 Å². The molecule has 0 saturated heterocycles. The van der Waals surface area contributed by atoms with Crippen molar-refractivity contribution >= 4 is 15.9 Å². The van der Waals surface area contributed by atoms with Gasteiger partial charge in [-0.2, -0.15) is 5.10 Å². The number of benzene rings is 1. The van der Waals surface area contributed by atoms with E-state index < -0.39 is 0 Å². The topological polar surface area (TPSA) is 43.8 Å². The van der Waals surface area contributed by atoms with Crippen LogP contribution in [0.15, 0.2) is 28.7 Å². The Morgan fingerprint density at radius 3 is 2.63 bits per heavy atom. The van der Waals surface area contributed by atoms with Crippen LogP contribution in [0.25, 0.3) is 5.69 Å². The van der Waals surface area contributed by atoms with Gasteiger partial charge in [-0.05, 0) is 66.4 Å². The molecule has 0 radical (unpaired) electrons. The second kappa shape index (κ2) is 5.88. The van der Waals surface area contributed by atoms with Gasteiger partial charge >= 0.3 is 0 Å². The van der Waals surface area contributed by atoms with Crippen LogP contribution >= 0.6 is 15.9 Å². The molecule has 0 aliphatic carbocycles. The van der Waals surface area contributed by atoms with Crippen LogP contribution in [0.4, 0.5) is 0 Å². The second-order valence-electron chi connectivity index (χ2n) is 5.06. The molecular weight excluding hydrogens is 302 g/mol. The maximum absolute atomic E-state index is 5.73. The summed E-state index contributed by atoms with van der Waals surface area (Å²) in [6.45, 7) is 7.07. The SMILES string of the molecule is Cc1nn(-c2ccccc2Br)c(C)c1CC(C)CN. The zero-order valence-electron chi connectivity index (χ0n) is 11.7. The molecule has 1 atom stereocenters. The lowest BCUT2D eigenvalue weighted by Crippen LogP contribution is -2.14. The van der Waals surface area contributed by atoms with Gasteiger partial charge in [0.25, 0.3) is 0 Å². The van der Waals surface area contributed by atoms with E-state index in [0.29, 0.717) is 12.5 Å². The Morgan fingerprint density at radius 1 is 1.32 bits per heavy atom. The van der Waals surface area contributed by atoms with Gasteiger partial charge < -0.3 is 5.73 Å². The zero-order valence-corrected chi connectivity index (χ0v) is 13.2. The quantitative estimate of drug-likeness (QED) is 0.938. The molecule has 0 bridgehead atoms. The minimum atomic E-state index is 0.481. The highest BCUT2D eigenvalue weighted by Gasteiger charge is 2.15. The van der Waals surface area contributed by atoms with Gasteiger partial charge in [0.2, 0.25) is 0 Å². The van der Waals surface area contributed by atoms with Crippen LogP contribution < -0.4 is 5.73 Å². The minimum Gasteiger partial charge on any atom is -0.330 e. The van der Waals surface area contributed by atoms with E-state index in [-0.39, 0.29) is 0 Å². The molecular formula is C15H20BrN3. The molecule has 2 N–H and O–H groups in total. The smallest absolute Gasteiger partial charge is 0.0790 e. The Hall–Kier alpha value is -1.13. The average molecular weight is 322 g/mol. The summed E-state index contributed by atoms with van der Waals surface area (Å²) in [6.07, 6.45) is 0.985. The fourth-order valence-electron chi connectivity index (χ4n) is 2.26. The van der Waals surface area contributed by atoms with Crippen LogP contribution in [0.5, 0.6) is 0 Å². The highest BCUT2D eigenvalue weighted by atomic mass is 79.9. The number of hydrogen-bond acceptors (Lipinski definition) is 2. The maximum Gasteiger partial charge on any atom is 0.0790 e. The standard InChI is InChI=1S/C15H20BrN3/c1-10(9-17)8-13-11(2)18-19(12(13)3)15-7-5-4-6-14(15)16/h4-7,10H,8-9,17H2,1-3H3. The molecule has 0 fully saturated rings. The van der Waals surface area contributed by atoms with Crippen LogP contribution in [0, 0.1) is 19.8 Å². The Balaban J connectivity index is 2.44. The van der Waals surface area contributed by atoms with Crippen LogP contribution in [-0.2, 0) is 6.42 Å². The Morgan fingerprint density at radius 2 is 2.00 bits per heavy atom. The molecule has 0 aliphatic heterocycles. The molecule has 1 aromatic carbocycles. The van der Waals surface area contributed by atoms with E-state index in [1.165, 1.54) is 11.3 Å². The van der Waals surface area contributed by atoms with E-state index in [4.69, 9.17) is 5.73 Å². The van der Waals surface area contributed by atoms with Crippen LogP contribution in [0.3, 0.4) is 0 Å². The third-order valence-electron chi connectivity index (χ3n) is 3.48. The molecule has 0 amide bonds. The van der Waals surface area contributed by atoms with E-state index >= 15 is 0 Å². The van der Waals surface area contributed by atoms with E-state index in [0.717, 1.165) is 22.3 Å². The number of aryl methyl sites for hydroxylation is 1. The van der Waals surface area contributed by atoms with Gasteiger partial charge in [0.1, 0.15) is 0 Å². The van der Waals surface area contributed by atoms with Crippen molar-refractivity contribution < 1.29 is 0 Å². The van der Waals surface area contributed by atoms with Gasteiger partial charge in [-0.1, -0.05) is 19.1 Å². The molecule has 0 aliphatic rings. The number of halogens is 1. The summed E-state index contributed by atoms with van der Waals surface area (Å²) >= 11 is 3.58. The third kappa shape index (κ3) is 2.90. The first-order chi connectivity index (χ1) is 9.04. The van der Waals surface area contributed by atoms with E-state index in [1.54, 1.807) is 0 Å². The minimum absolute atomic E-state index is 0.481. The summed E-state index contributed by atoms with van der Waals surface area (Å²) in [5.74, 6) is 0.481. The largest absolute Gasteiger partial charge is 0.330 e.